The molecule has 0 aliphatic heterocycles. The summed E-state index contributed by atoms with van der Waals surface area (Å²) in [5.74, 6) is 0. The van der Waals surface area contributed by atoms with Gasteiger partial charge in [0.15, 0.2) is 0 Å². The highest BCUT2D eigenvalue weighted by Crippen LogP contribution is 2.23. The van der Waals surface area contributed by atoms with Crippen molar-refractivity contribution < 1.29 is 9.53 Å². The number of hydrazine groups is 1. The van der Waals surface area contributed by atoms with Gasteiger partial charge in [-0.1, -0.05) is 0 Å². The quantitative estimate of drug-likeness (QED) is 0.758. The van der Waals surface area contributed by atoms with E-state index in [-0.39, 0.29) is 6.09 Å². The normalized spacial score (nSPS) is 24.7. The largest absolute Gasteiger partial charge is 0.444 e. The SMILES string of the molecule is CNN[C@H]1CC[C@@H](N(C)C(=O)OC(C)(C)C)CC1. The summed E-state index contributed by atoms with van der Waals surface area (Å²) in [5, 5.41) is 0. The molecule has 1 fully saturated rings. The van der Waals surface area contributed by atoms with Gasteiger partial charge in [0.25, 0.3) is 0 Å². The van der Waals surface area contributed by atoms with Crippen molar-refractivity contribution in [2.75, 3.05) is 14.1 Å². The van der Waals surface area contributed by atoms with Crippen molar-refractivity contribution in [2.24, 2.45) is 0 Å². The van der Waals surface area contributed by atoms with Crippen molar-refractivity contribution >= 4 is 6.09 Å². The maximum absolute atomic E-state index is 11.9. The smallest absolute Gasteiger partial charge is 0.410 e. The van der Waals surface area contributed by atoms with Gasteiger partial charge in [0.1, 0.15) is 5.60 Å². The zero-order valence-corrected chi connectivity index (χ0v) is 12.2. The van der Waals surface area contributed by atoms with E-state index < -0.39 is 5.60 Å². The summed E-state index contributed by atoms with van der Waals surface area (Å²) in [4.78, 5) is 13.7. The molecule has 1 rings (SSSR count). The van der Waals surface area contributed by atoms with Crippen LogP contribution in [-0.2, 0) is 4.74 Å². The summed E-state index contributed by atoms with van der Waals surface area (Å²) in [6.07, 6.45) is 3.99. The van der Waals surface area contributed by atoms with Gasteiger partial charge in [-0.2, -0.15) is 0 Å². The van der Waals surface area contributed by atoms with Crippen LogP contribution in [0.25, 0.3) is 0 Å². The summed E-state index contributed by atoms with van der Waals surface area (Å²) in [7, 11) is 3.73. The topological polar surface area (TPSA) is 53.6 Å². The first kappa shape index (κ1) is 15.2. The highest BCUT2D eigenvalue weighted by Gasteiger charge is 2.28. The van der Waals surface area contributed by atoms with Crippen LogP contribution in [0.15, 0.2) is 0 Å². The van der Waals surface area contributed by atoms with E-state index in [1.54, 1.807) is 4.90 Å². The van der Waals surface area contributed by atoms with Crippen LogP contribution in [0.1, 0.15) is 46.5 Å². The maximum atomic E-state index is 11.9. The minimum absolute atomic E-state index is 0.215. The monoisotopic (exact) mass is 257 g/mol. The van der Waals surface area contributed by atoms with Crippen molar-refractivity contribution in [1.82, 2.24) is 15.8 Å². The highest BCUT2D eigenvalue weighted by molar-refractivity contribution is 5.68. The predicted octanol–water partition coefficient (Wildman–Crippen LogP) is 1.89. The van der Waals surface area contributed by atoms with E-state index in [1.165, 1.54) is 0 Å². The minimum atomic E-state index is -0.420. The number of carbonyl (C=O) groups is 1. The van der Waals surface area contributed by atoms with Crippen LogP contribution >= 0.6 is 0 Å². The third-order valence-electron chi connectivity index (χ3n) is 3.27. The number of amides is 1. The molecule has 0 aromatic rings. The van der Waals surface area contributed by atoms with E-state index in [2.05, 4.69) is 10.9 Å². The Labute approximate surface area is 110 Å². The Bertz CT molecular complexity index is 268. The Morgan fingerprint density at radius 3 is 2.22 bits per heavy atom. The number of nitrogens with zero attached hydrogens (tertiary/aromatic N) is 1. The van der Waals surface area contributed by atoms with Crippen LogP contribution in [0.5, 0.6) is 0 Å². The van der Waals surface area contributed by atoms with E-state index in [0.717, 1.165) is 25.7 Å². The minimum Gasteiger partial charge on any atom is -0.444 e. The van der Waals surface area contributed by atoms with Gasteiger partial charge in [0.05, 0.1) is 0 Å². The zero-order valence-electron chi connectivity index (χ0n) is 12.2. The third-order valence-corrected chi connectivity index (χ3v) is 3.27. The predicted molar refractivity (Wildman–Crippen MR) is 72.2 cm³/mol. The lowest BCUT2D eigenvalue weighted by Gasteiger charge is -2.35. The summed E-state index contributed by atoms with van der Waals surface area (Å²) >= 11 is 0. The first-order valence-electron chi connectivity index (χ1n) is 6.71. The lowest BCUT2D eigenvalue weighted by atomic mass is 9.91. The average Bonchev–Trinajstić information content (AvgIpc) is 2.27. The van der Waals surface area contributed by atoms with Crippen molar-refractivity contribution in [3.63, 3.8) is 0 Å². The molecule has 0 aromatic carbocycles. The molecule has 0 unspecified atom stereocenters. The molecule has 1 amide bonds. The van der Waals surface area contributed by atoms with Crippen LogP contribution in [0.3, 0.4) is 0 Å². The first-order valence-corrected chi connectivity index (χ1v) is 6.71. The standard InChI is InChI=1S/C13H27N3O2/c1-13(2,3)18-12(17)16(5)11-8-6-10(7-9-11)15-14-4/h10-11,14-15H,6-9H2,1-5H3/t10-,11+. The third kappa shape index (κ3) is 4.82. The number of hydrogen-bond donors (Lipinski definition) is 2. The second-order valence-electron chi connectivity index (χ2n) is 5.99. The van der Waals surface area contributed by atoms with E-state index in [9.17, 15) is 4.79 Å². The van der Waals surface area contributed by atoms with Gasteiger partial charge < -0.3 is 9.64 Å². The second-order valence-corrected chi connectivity index (χ2v) is 5.99. The fourth-order valence-corrected chi connectivity index (χ4v) is 2.29. The van der Waals surface area contributed by atoms with Crippen molar-refractivity contribution in [3.05, 3.63) is 0 Å². The molecule has 0 spiro atoms. The molecule has 5 nitrogen and oxygen atoms in total. The molecule has 1 aliphatic carbocycles. The van der Waals surface area contributed by atoms with E-state index in [1.807, 2.05) is 34.9 Å². The molecular formula is C13H27N3O2. The van der Waals surface area contributed by atoms with Gasteiger partial charge in [0.2, 0.25) is 0 Å². The van der Waals surface area contributed by atoms with Crippen LogP contribution in [0.4, 0.5) is 4.79 Å². The fraction of sp³-hybridized carbons (Fsp3) is 0.923. The molecular weight excluding hydrogens is 230 g/mol. The number of nitrogens with one attached hydrogen (secondary N) is 2. The summed E-state index contributed by atoms with van der Waals surface area (Å²) in [5.41, 5.74) is 5.79. The Morgan fingerprint density at radius 2 is 1.78 bits per heavy atom. The van der Waals surface area contributed by atoms with Gasteiger partial charge in [-0.3, -0.25) is 10.9 Å². The molecule has 0 saturated heterocycles. The molecule has 1 saturated carbocycles. The molecule has 5 heteroatoms. The molecule has 0 bridgehead atoms. The molecule has 2 N–H and O–H groups in total. The van der Waals surface area contributed by atoms with Gasteiger partial charge in [-0.05, 0) is 53.5 Å². The summed E-state index contributed by atoms with van der Waals surface area (Å²) in [6, 6.07) is 0.813. The van der Waals surface area contributed by atoms with Crippen LogP contribution in [0, 0.1) is 0 Å². The summed E-state index contributed by atoms with van der Waals surface area (Å²) in [6.45, 7) is 5.69. The molecule has 0 atom stereocenters. The molecule has 1 aliphatic rings. The van der Waals surface area contributed by atoms with Crippen molar-refractivity contribution in [2.45, 2.75) is 64.1 Å². The number of hydrogen-bond acceptors (Lipinski definition) is 4. The molecule has 0 aromatic heterocycles. The Balaban J connectivity index is 2.40. The molecule has 0 heterocycles. The lowest BCUT2D eigenvalue weighted by molar-refractivity contribution is 0.0178. The highest BCUT2D eigenvalue weighted by atomic mass is 16.6. The molecule has 0 radical (unpaired) electrons. The second kappa shape index (κ2) is 6.38. The van der Waals surface area contributed by atoms with Gasteiger partial charge in [0, 0.05) is 19.1 Å². The Hall–Kier alpha value is -0.810. The Morgan fingerprint density at radius 1 is 1.22 bits per heavy atom. The van der Waals surface area contributed by atoms with Gasteiger partial charge in [-0.15, -0.1) is 0 Å². The fourth-order valence-electron chi connectivity index (χ4n) is 2.29. The number of rotatable bonds is 3. The van der Waals surface area contributed by atoms with Crippen molar-refractivity contribution in [3.8, 4) is 0 Å². The number of carbonyl (C=O) groups excluding carboxylic acids is 1. The van der Waals surface area contributed by atoms with E-state index >= 15 is 0 Å². The Kier molecular flexibility index (Phi) is 5.41. The van der Waals surface area contributed by atoms with Crippen LogP contribution in [-0.4, -0.2) is 42.8 Å². The first-order chi connectivity index (χ1) is 8.33. The summed E-state index contributed by atoms with van der Waals surface area (Å²) < 4.78 is 5.39. The molecule has 18 heavy (non-hydrogen) atoms. The number of ether oxygens (including phenoxy) is 1. The van der Waals surface area contributed by atoms with E-state index in [0.29, 0.717) is 12.1 Å². The molecule has 106 valence electrons. The maximum Gasteiger partial charge on any atom is 0.410 e. The lowest BCUT2D eigenvalue weighted by Crippen LogP contribution is -2.47. The average molecular weight is 257 g/mol. The zero-order chi connectivity index (χ0) is 13.8. The van der Waals surface area contributed by atoms with E-state index in [4.69, 9.17) is 4.74 Å². The van der Waals surface area contributed by atoms with Gasteiger partial charge in [-0.25, -0.2) is 4.79 Å². The van der Waals surface area contributed by atoms with Crippen molar-refractivity contribution in [1.29, 1.82) is 0 Å². The van der Waals surface area contributed by atoms with Crippen LogP contribution < -0.4 is 10.9 Å². The van der Waals surface area contributed by atoms with Gasteiger partial charge >= 0.3 is 6.09 Å². The van der Waals surface area contributed by atoms with Crippen LogP contribution in [0.2, 0.25) is 0 Å².